The minimum atomic E-state index is 0.164. The van der Waals surface area contributed by atoms with E-state index in [1.54, 1.807) is 6.26 Å². The molecule has 0 atom stereocenters. The fourth-order valence-corrected chi connectivity index (χ4v) is 4.12. The molecule has 0 aliphatic carbocycles. The Balaban J connectivity index is 1.66. The lowest BCUT2D eigenvalue weighted by atomic mass is 10.2. The lowest BCUT2D eigenvalue weighted by Gasteiger charge is -2.15. The van der Waals surface area contributed by atoms with Crippen molar-refractivity contribution < 1.29 is 9.21 Å². The molecular formula is C20H22N4O2S. The van der Waals surface area contributed by atoms with Crippen LogP contribution in [0.2, 0.25) is 0 Å². The smallest absolute Gasteiger partial charge is 0.233 e. The fraction of sp³-hybridized carbons (Fsp3) is 0.350. The molecule has 0 saturated carbocycles. The van der Waals surface area contributed by atoms with Crippen LogP contribution in [0.15, 0.2) is 46.2 Å². The molecule has 1 aliphatic heterocycles. The summed E-state index contributed by atoms with van der Waals surface area (Å²) in [4.78, 5) is 14.4. The zero-order valence-corrected chi connectivity index (χ0v) is 16.3. The van der Waals surface area contributed by atoms with Gasteiger partial charge in [0.1, 0.15) is 5.76 Å². The van der Waals surface area contributed by atoms with Crippen LogP contribution in [0.5, 0.6) is 0 Å². The molecule has 7 heteroatoms. The van der Waals surface area contributed by atoms with E-state index < -0.39 is 0 Å². The summed E-state index contributed by atoms with van der Waals surface area (Å²) in [7, 11) is 0. The van der Waals surface area contributed by atoms with Crippen molar-refractivity contribution in [3.05, 3.63) is 47.9 Å². The Morgan fingerprint density at radius 3 is 2.52 bits per heavy atom. The van der Waals surface area contributed by atoms with E-state index in [1.165, 1.54) is 17.3 Å². The van der Waals surface area contributed by atoms with Gasteiger partial charge in [-0.15, -0.1) is 10.2 Å². The summed E-state index contributed by atoms with van der Waals surface area (Å²) in [5, 5.41) is 9.49. The highest BCUT2D eigenvalue weighted by Crippen LogP contribution is 2.30. The van der Waals surface area contributed by atoms with Crippen LogP contribution in [0, 0.1) is 13.8 Å². The van der Waals surface area contributed by atoms with Gasteiger partial charge >= 0.3 is 0 Å². The lowest BCUT2D eigenvalue weighted by Crippen LogP contribution is -2.29. The molecule has 1 aromatic carbocycles. The van der Waals surface area contributed by atoms with Gasteiger partial charge in [0.2, 0.25) is 5.91 Å². The number of aryl methyl sites for hydroxylation is 2. The maximum atomic E-state index is 12.4. The first-order valence-electron chi connectivity index (χ1n) is 9.11. The second-order valence-corrected chi connectivity index (χ2v) is 7.69. The number of carbonyl (C=O) groups is 1. The summed E-state index contributed by atoms with van der Waals surface area (Å²) in [6.07, 6.45) is 3.85. The van der Waals surface area contributed by atoms with E-state index in [-0.39, 0.29) is 5.91 Å². The van der Waals surface area contributed by atoms with Gasteiger partial charge in [-0.3, -0.25) is 9.36 Å². The molecule has 0 N–H and O–H groups in total. The highest BCUT2D eigenvalue weighted by molar-refractivity contribution is 7.99. The molecule has 1 aliphatic rings. The first-order valence-corrected chi connectivity index (χ1v) is 10.1. The zero-order valence-electron chi connectivity index (χ0n) is 15.5. The Morgan fingerprint density at radius 2 is 1.85 bits per heavy atom. The Bertz CT molecular complexity index is 939. The average molecular weight is 382 g/mol. The van der Waals surface area contributed by atoms with Gasteiger partial charge in [-0.05, 0) is 44.9 Å². The van der Waals surface area contributed by atoms with Gasteiger partial charge in [-0.1, -0.05) is 29.5 Å². The number of furan rings is 1. The standard InChI is InChI=1S/C20H22N4O2S/c1-14-5-7-16(8-6-14)24-19(17-9-12-26-15(17)2)21-22-20(24)27-13-18(25)23-10-3-4-11-23/h5-9,12H,3-4,10-11,13H2,1-2H3. The summed E-state index contributed by atoms with van der Waals surface area (Å²) in [5.41, 5.74) is 3.06. The van der Waals surface area contributed by atoms with Gasteiger partial charge in [0.25, 0.3) is 0 Å². The number of hydrogen-bond acceptors (Lipinski definition) is 5. The molecule has 1 amide bonds. The van der Waals surface area contributed by atoms with Gasteiger partial charge < -0.3 is 9.32 Å². The fourth-order valence-electron chi connectivity index (χ4n) is 3.27. The molecule has 140 valence electrons. The third kappa shape index (κ3) is 3.64. The number of aromatic nitrogens is 3. The molecule has 2 aromatic heterocycles. The number of nitrogens with zero attached hydrogens (tertiary/aromatic N) is 4. The Morgan fingerprint density at radius 1 is 1.11 bits per heavy atom. The maximum Gasteiger partial charge on any atom is 0.233 e. The van der Waals surface area contributed by atoms with Crippen molar-refractivity contribution in [1.29, 1.82) is 0 Å². The largest absolute Gasteiger partial charge is 0.469 e. The molecule has 1 fully saturated rings. The number of thioether (sulfide) groups is 1. The summed E-state index contributed by atoms with van der Waals surface area (Å²) in [6.45, 7) is 5.70. The van der Waals surface area contributed by atoms with Crippen LogP contribution < -0.4 is 0 Å². The molecule has 0 spiro atoms. The first kappa shape index (κ1) is 17.9. The predicted octanol–water partition coefficient (Wildman–Crippen LogP) is 3.86. The van der Waals surface area contributed by atoms with E-state index in [4.69, 9.17) is 4.42 Å². The van der Waals surface area contributed by atoms with Gasteiger partial charge in [0.05, 0.1) is 17.6 Å². The minimum Gasteiger partial charge on any atom is -0.469 e. The summed E-state index contributed by atoms with van der Waals surface area (Å²) < 4.78 is 7.45. The van der Waals surface area contributed by atoms with Crippen molar-refractivity contribution >= 4 is 17.7 Å². The third-order valence-electron chi connectivity index (χ3n) is 4.81. The highest BCUT2D eigenvalue weighted by Gasteiger charge is 2.22. The predicted molar refractivity (Wildman–Crippen MR) is 105 cm³/mol. The van der Waals surface area contributed by atoms with Crippen LogP contribution in [-0.4, -0.2) is 44.4 Å². The molecule has 4 rings (SSSR count). The van der Waals surface area contributed by atoms with Crippen molar-refractivity contribution in [2.24, 2.45) is 0 Å². The minimum absolute atomic E-state index is 0.164. The Hall–Kier alpha value is -2.54. The van der Waals surface area contributed by atoms with E-state index in [2.05, 4.69) is 29.3 Å². The van der Waals surface area contributed by atoms with Crippen molar-refractivity contribution in [2.45, 2.75) is 31.8 Å². The maximum absolute atomic E-state index is 12.4. The molecule has 27 heavy (non-hydrogen) atoms. The normalized spacial score (nSPS) is 14.1. The molecule has 0 unspecified atom stereocenters. The average Bonchev–Trinajstić information content (AvgIpc) is 3.41. The highest BCUT2D eigenvalue weighted by atomic mass is 32.2. The van der Waals surface area contributed by atoms with Crippen molar-refractivity contribution in [1.82, 2.24) is 19.7 Å². The van der Waals surface area contributed by atoms with Gasteiger partial charge in [-0.2, -0.15) is 0 Å². The van der Waals surface area contributed by atoms with E-state index >= 15 is 0 Å². The zero-order chi connectivity index (χ0) is 18.8. The number of amides is 1. The summed E-state index contributed by atoms with van der Waals surface area (Å²) in [5.74, 6) is 2.05. The molecule has 3 aromatic rings. The Kier molecular flexibility index (Phi) is 5.03. The molecule has 0 radical (unpaired) electrons. The quantitative estimate of drug-likeness (QED) is 0.627. The Labute approximate surface area is 162 Å². The van der Waals surface area contributed by atoms with Gasteiger partial charge in [0, 0.05) is 18.8 Å². The molecular weight excluding hydrogens is 360 g/mol. The molecule has 0 bridgehead atoms. The number of hydrogen-bond donors (Lipinski definition) is 0. The van der Waals surface area contributed by atoms with Crippen molar-refractivity contribution in [3.8, 4) is 17.1 Å². The van der Waals surface area contributed by atoms with Crippen LogP contribution in [-0.2, 0) is 4.79 Å². The molecule has 6 nitrogen and oxygen atoms in total. The summed E-state index contributed by atoms with van der Waals surface area (Å²) in [6, 6.07) is 10.1. The van der Waals surface area contributed by atoms with Crippen molar-refractivity contribution in [3.63, 3.8) is 0 Å². The van der Waals surface area contributed by atoms with Crippen LogP contribution in [0.4, 0.5) is 0 Å². The van der Waals surface area contributed by atoms with E-state index in [0.717, 1.165) is 48.8 Å². The van der Waals surface area contributed by atoms with Crippen LogP contribution >= 0.6 is 11.8 Å². The van der Waals surface area contributed by atoms with Crippen molar-refractivity contribution in [2.75, 3.05) is 18.8 Å². The monoisotopic (exact) mass is 382 g/mol. The van der Waals surface area contributed by atoms with Crippen LogP contribution in [0.25, 0.3) is 17.1 Å². The van der Waals surface area contributed by atoms with Crippen LogP contribution in [0.3, 0.4) is 0 Å². The molecule has 1 saturated heterocycles. The number of rotatable bonds is 5. The van der Waals surface area contributed by atoms with E-state index in [1.807, 2.05) is 34.6 Å². The summed E-state index contributed by atoms with van der Waals surface area (Å²) >= 11 is 1.43. The first-order chi connectivity index (χ1) is 13.1. The lowest BCUT2D eigenvalue weighted by molar-refractivity contribution is -0.127. The van der Waals surface area contributed by atoms with E-state index in [9.17, 15) is 4.79 Å². The number of benzene rings is 1. The SMILES string of the molecule is Cc1ccc(-n2c(SCC(=O)N3CCCC3)nnc2-c2ccoc2C)cc1. The van der Waals surface area contributed by atoms with Gasteiger partial charge in [0.15, 0.2) is 11.0 Å². The van der Waals surface area contributed by atoms with Crippen LogP contribution in [0.1, 0.15) is 24.2 Å². The van der Waals surface area contributed by atoms with E-state index in [0.29, 0.717) is 10.9 Å². The third-order valence-corrected chi connectivity index (χ3v) is 5.72. The topological polar surface area (TPSA) is 64.2 Å². The number of carbonyl (C=O) groups excluding carboxylic acids is 1. The van der Waals surface area contributed by atoms with Gasteiger partial charge in [-0.25, -0.2) is 0 Å². The second kappa shape index (κ2) is 7.60. The second-order valence-electron chi connectivity index (χ2n) is 6.74. The molecule has 3 heterocycles. The number of likely N-dealkylation sites (tertiary alicyclic amines) is 1.